The summed E-state index contributed by atoms with van der Waals surface area (Å²) in [6.45, 7) is 3.52. The highest BCUT2D eigenvalue weighted by molar-refractivity contribution is 5.86. The fourth-order valence-corrected chi connectivity index (χ4v) is 3.52. The van der Waals surface area contributed by atoms with Crippen LogP contribution in [0.3, 0.4) is 0 Å². The molecule has 0 amide bonds. The fraction of sp³-hybridized carbons (Fsp3) is 0.308. The molecule has 0 saturated carbocycles. The molecule has 2 aliphatic heterocycles. The molecule has 2 aromatic rings. The molecule has 0 bridgehead atoms. The summed E-state index contributed by atoms with van der Waals surface area (Å²) in [5.74, 6) is 0.844. The lowest BCUT2D eigenvalue weighted by atomic mass is 9.77. The molecule has 34 heavy (non-hydrogen) atoms. The second-order valence-corrected chi connectivity index (χ2v) is 8.06. The standard InChI is InChI=1S/C23H20O4.C3H8O4/c1-23(2,17-7-3-15(4-8-17)19-11-13-21(24)26-19)18-9-5-16(6-10-18)20-12-14-22(25)27-20;4-1-6-3-7-2-5/h3-12H,13-14H2,1-2H3;4-5H,1-3H2. The Labute approximate surface area is 198 Å². The molecule has 2 heterocycles. The Morgan fingerprint density at radius 3 is 1.41 bits per heavy atom. The Morgan fingerprint density at radius 2 is 1.12 bits per heavy atom. The summed E-state index contributed by atoms with van der Waals surface area (Å²) in [6, 6.07) is 16.2. The van der Waals surface area contributed by atoms with Gasteiger partial charge in [-0.2, -0.15) is 0 Å². The molecular weight excluding hydrogens is 440 g/mol. The van der Waals surface area contributed by atoms with Gasteiger partial charge in [0, 0.05) is 16.5 Å². The van der Waals surface area contributed by atoms with Crippen molar-refractivity contribution in [3.63, 3.8) is 0 Å². The summed E-state index contributed by atoms with van der Waals surface area (Å²) in [5, 5.41) is 15.8. The first kappa shape index (κ1) is 25.3. The third kappa shape index (κ3) is 6.39. The first-order chi connectivity index (χ1) is 16.3. The number of carbonyl (C=O) groups is 2. The number of ether oxygens (including phenoxy) is 4. The Kier molecular flexibility index (Phi) is 8.72. The number of benzene rings is 2. The average Bonchev–Trinajstić information content (AvgIpc) is 3.48. The molecule has 0 saturated heterocycles. The Morgan fingerprint density at radius 1 is 0.735 bits per heavy atom. The fourth-order valence-electron chi connectivity index (χ4n) is 3.52. The molecule has 0 aliphatic carbocycles. The van der Waals surface area contributed by atoms with Crippen molar-refractivity contribution < 1.29 is 38.7 Å². The smallest absolute Gasteiger partial charge is 0.315 e. The van der Waals surface area contributed by atoms with Gasteiger partial charge in [-0.1, -0.05) is 62.4 Å². The minimum absolute atomic E-state index is 0.0625. The SMILES string of the molecule is CC(C)(c1ccc(C2=CCC(=O)O2)cc1)c1ccc(C2=CCC(=O)O2)cc1.OCOCOCO. The van der Waals surface area contributed by atoms with Crippen LogP contribution in [0.1, 0.15) is 48.9 Å². The lowest BCUT2D eigenvalue weighted by Gasteiger charge is -2.26. The van der Waals surface area contributed by atoms with Crippen molar-refractivity contribution >= 4 is 23.5 Å². The first-order valence-electron chi connectivity index (χ1n) is 10.8. The maximum absolute atomic E-state index is 11.3. The van der Waals surface area contributed by atoms with Gasteiger partial charge < -0.3 is 29.2 Å². The van der Waals surface area contributed by atoms with E-state index in [1.807, 2.05) is 36.4 Å². The van der Waals surface area contributed by atoms with Crippen LogP contribution in [0.2, 0.25) is 0 Å². The van der Waals surface area contributed by atoms with Gasteiger partial charge in [-0.15, -0.1) is 0 Å². The molecule has 0 spiro atoms. The van der Waals surface area contributed by atoms with E-state index in [-0.39, 0.29) is 37.7 Å². The summed E-state index contributed by atoms with van der Waals surface area (Å²) in [5.41, 5.74) is 3.95. The van der Waals surface area contributed by atoms with Crippen molar-refractivity contribution in [1.29, 1.82) is 0 Å². The summed E-state index contributed by atoms with van der Waals surface area (Å²) in [4.78, 5) is 22.5. The second-order valence-electron chi connectivity index (χ2n) is 8.06. The van der Waals surface area contributed by atoms with Crippen molar-refractivity contribution in [2.75, 3.05) is 20.4 Å². The van der Waals surface area contributed by atoms with E-state index >= 15 is 0 Å². The minimum Gasteiger partial charge on any atom is -0.426 e. The van der Waals surface area contributed by atoms with Crippen LogP contribution < -0.4 is 0 Å². The van der Waals surface area contributed by atoms with Crippen molar-refractivity contribution in [2.24, 2.45) is 0 Å². The zero-order chi connectivity index (χ0) is 24.6. The molecule has 180 valence electrons. The van der Waals surface area contributed by atoms with Gasteiger partial charge in [0.15, 0.2) is 6.79 Å². The highest BCUT2D eigenvalue weighted by atomic mass is 16.7. The van der Waals surface area contributed by atoms with E-state index < -0.39 is 0 Å². The Bertz CT molecular complexity index is 966. The monoisotopic (exact) mass is 468 g/mol. The van der Waals surface area contributed by atoms with Crippen molar-refractivity contribution in [3.8, 4) is 0 Å². The van der Waals surface area contributed by atoms with Crippen LogP contribution in [0, 0.1) is 0 Å². The van der Waals surface area contributed by atoms with Crippen molar-refractivity contribution in [3.05, 3.63) is 82.9 Å². The topological polar surface area (TPSA) is 112 Å². The number of cyclic esters (lactones) is 2. The van der Waals surface area contributed by atoms with E-state index in [0.29, 0.717) is 24.4 Å². The number of hydrogen-bond acceptors (Lipinski definition) is 8. The highest BCUT2D eigenvalue weighted by Crippen LogP contribution is 2.34. The summed E-state index contributed by atoms with van der Waals surface area (Å²) >= 11 is 0. The maximum Gasteiger partial charge on any atom is 0.315 e. The summed E-state index contributed by atoms with van der Waals surface area (Å²) in [6.07, 6.45) is 4.29. The van der Waals surface area contributed by atoms with Gasteiger partial charge >= 0.3 is 11.9 Å². The highest BCUT2D eigenvalue weighted by Gasteiger charge is 2.24. The minimum atomic E-state index is -0.375. The third-order valence-electron chi connectivity index (χ3n) is 5.49. The molecule has 2 aliphatic rings. The zero-order valence-electron chi connectivity index (χ0n) is 19.2. The normalized spacial score (nSPS) is 15.2. The molecular formula is C26H28O8. The molecule has 2 aromatic carbocycles. The molecule has 4 rings (SSSR count). The summed E-state index contributed by atoms with van der Waals surface area (Å²) < 4.78 is 18.9. The van der Waals surface area contributed by atoms with Gasteiger partial charge in [0.1, 0.15) is 25.1 Å². The predicted octanol–water partition coefficient (Wildman–Crippen LogP) is 3.46. The third-order valence-corrected chi connectivity index (χ3v) is 5.49. The van der Waals surface area contributed by atoms with Crippen LogP contribution in [0.15, 0.2) is 60.7 Å². The van der Waals surface area contributed by atoms with Crippen molar-refractivity contribution in [2.45, 2.75) is 32.1 Å². The molecule has 2 N–H and O–H groups in total. The van der Waals surface area contributed by atoms with Gasteiger partial charge in [0.2, 0.25) is 0 Å². The van der Waals surface area contributed by atoms with Gasteiger partial charge in [-0.3, -0.25) is 9.59 Å². The second kappa shape index (κ2) is 11.7. The zero-order valence-corrected chi connectivity index (χ0v) is 19.2. The van der Waals surface area contributed by atoms with Crippen LogP contribution in [-0.2, 0) is 34.0 Å². The van der Waals surface area contributed by atoms with Gasteiger partial charge in [0.05, 0.1) is 12.8 Å². The quantitative estimate of drug-likeness (QED) is 0.344. The van der Waals surface area contributed by atoms with Crippen molar-refractivity contribution in [1.82, 2.24) is 0 Å². The number of aliphatic hydroxyl groups is 2. The van der Waals surface area contributed by atoms with E-state index in [1.54, 1.807) is 0 Å². The number of rotatable bonds is 8. The molecule has 0 fully saturated rings. The average molecular weight is 469 g/mol. The number of hydrogen-bond donors (Lipinski definition) is 2. The van der Waals surface area contributed by atoms with Crippen LogP contribution >= 0.6 is 0 Å². The van der Waals surface area contributed by atoms with Crippen LogP contribution in [0.4, 0.5) is 0 Å². The Hall–Kier alpha value is -3.30. The molecule has 0 atom stereocenters. The van der Waals surface area contributed by atoms with E-state index in [1.165, 1.54) is 0 Å². The van der Waals surface area contributed by atoms with Gasteiger partial charge in [-0.25, -0.2) is 0 Å². The molecule has 0 radical (unpaired) electrons. The maximum atomic E-state index is 11.3. The van der Waals surface area contributed by atoms with E-state index in [9.17, 15) is 9.59 Å². The summed E-state index contributed by atoms with van der Waals surface area (Å²) in [7, 11) is 0. The lowest BCUT2D eigenvalue weighted by Crippen LogP contribution is -2.18. The van der Waals surface area contributed by atoms with Crippen LogP contribution in [-0.4, -0.2) is 42.5 Å². The molecule has 0 aromatic heterocycles. The van der Waals surface area contributed by atoms with E-state index in [4.69, 9.17) is 19.7 Å². The lowest BCUT2D eigenvalue weighted by molar-refractivity contribution is -0.142. The molecule has 0 unspecified atom stereocenters. The van der Waals surface area contributed by atoms with Gasteiger partial charge in [-0.05, 0) is 23.3 Å². The van der Waals surface area contributed by atoms with E-state index in [0.717, 1.165) is 22.3 Å². The van der Waals surface area contributed by atoms with Gasteiger partial charge in [0.25, 0.3) is 0 Å². The largest absolute Gasteiger partial charge is 0.426 e. The number of esters is 2. The van der Waals surface area contributed by atoms with Crippen LogP contribution in [0.25, 0.3) is 11.5 Å². The number of carbonyl (C=O) groups excluding carboxylic acids is 2. The number of aliphatic hydroxyl groups excluding tert-OH is 2. The Balaban J connectivity index is 0.000000406. The first-order valence-corrected chi connectivity index (χ1v) is 10.8. The predicted molar refractivity (Wildman–Crippen MR) is 124 cm³/mol. The van der Waals surface area contributed by atoms with E-state index in [2.05, 4.69) is 47.6 Å². The molecule has 8 heteroatoms. The van der Waals surface area contributed by atoms with Crippen LogP contribution in [0.5, 0.6) is 0 Å². The molecule has 8 nitrogen and oxygen atoms in total.